The second kappa shape index (κ2) is 7.03. The SMILES string of the molecule is CCOC(=O)CC(=O)C(F)(F)C(O)c1ccc([N+](=O)[O-])cc1. The van der Waals surface area contributed by atoms with Gasteiger partial charge in [-0.15, -0.1) is 0 Å². The molecule has 1 N–H and O–H groups in total. The van der Waals surface area contributed by atoms with E-state index in [1.807, 2.05) is 0 Å². The minimum Gasteiger partial charge on any atom is -0.466 e. The maximum atomic E-state index is 13.8. The summed E-state index contributed by atoms with van der Waals surface area (Å²) in [5, 5.41) is 20.1. The molecule has 0 amide bonds. The second-order valence-corrected chi connectivity index (χ2v) is 4.28. The summed E-state index contributed by atoms with van der Waals surface area (Å²) in [5.74, 6) is -7.14. The molecule has 0 radical (unpaired) electrons. The van der Waals surface area contributed by atoms with Gasteiger partial charge in [-0.3, -0.25) is 19.7 Å². The first-order valence-electron chi connectivity index (χ1n) is 6.19. The third kappa shape index (κ3) is 4.04. The van der Waals surface area contributed by atoms with Crippen LogP contribution in [0.15, 0.2) is 24.3 Å². The quantitative estimate of drug-likeness (QED) is 0.355. The van der Waals surface area contributed by atoms with Crippen molar-refractivity contribution in [2.45, 2.75) is 25.4 Å². The van der Waals surface area contributed by atoms with Gasteiger partial charge in [0.1, 0.15) is 6.42 Å². The monoisotopic (exact) mass is 317 g/mol. The summed E-state index contributed by atoms with van der Waals surface area (Å²) in [7, 11) is 0. The van der Waals surface area contributed by atoms with Crippen LogP contribution in [0.4, 0.5) is 14.5 Å². The highest BCUT2D eigenvalue weighted by molar-refractivity contribution is 5.99. The van der Waals surface area contributed by atoms with E-state index in [1.54, 1.807) is 0 Å². The Morgan fingerprint density at radius 2 is 1.91 bits per heavy atom. The molecule has 1 aromatic carbocycles. The summed E-state index contributed by atoms with van der Waals surface area (Å²) in [4.78, 5) is 32.2. The van der Waals surface area contributed by atoms with Gasteiger partial charge in [-0.2, -0.15) is 8.78 Å². The van der Waals surface area contributed by atoms with E-state index in [1.165, 1.54) is 6.92 Å². The van der Waals surface area contributed by atoms with Crippen LogP contribution in [0.25, 0.3) is 0 Å². The van der Waals surface area contributed by atoms with E-state index in [0.29, 0.717) is 0 Å². The maximum absolute atomic E-state index is 13.8. The molecule has 0 heterocycles. The molecule has 0 aromatic heterocycles. The van der Waals surface area contributed by atoms with Crippen LogP contribution in [0.1, 0.15) is 25.0 Å². The first-order valence-corrected chi connectivity index (χ1v) is 6.19. The predicted molar refractivity (Wildman–Crippen MR) is 69.3 cm³/mol. The molecule has 0 spiro atoms. The fraction of sp³-hybridized carbons (Fsp3) is 0.385. The molecule has 1 rings (SSSR count). The molecule has 0 fully saturated rings. The Morgan fingerprint density at radius 3 is 2.36 bits per heavy atom. The number of Topliss-reactive ketones (excluding diaryl/α,β-unsaturated/α-hetero) is 1. The summed E-state index contributed by atoms with van der Waals surface area (Å²) in [5.41, 5.74) is -0.732. The van der Waals surface area contributed by atoms with Gasteiger partial charge in [0, 0.05) is 12.1 Å². The van der Waals surface area contributed by atoms with Crippen molar-refractivity contribution in [1.82, 2.24) is 0 Å². The van der Waals surface area contributed by atoms with Gasteiger partial charge in [0.05, 0.1) is 11.5 Å². The molecule has 120 valence electrons. The van der Waals surface area contributed by atoms with E-state index in [0.717, 1.165) is 24.3 Å². The Bertz CT molecular complexity index is 572. The molecule has 0 aliphatic heterocycles. The van der Waals surface area contributed by atoms with Crippen molar-refractivity contribution >= 4 is 17.4 Å². The Morgan fingerprint density at radius 1 is 1.36 bits per heavy atom. The molecule has 1 unspecified atom stereocenters. The highest BCUT2D eigenvalue weighted by Crippen LogP contribution is 2.33. The molecule has 1 aromatic rings. The number of esters is 1. The Kier molecular flexibility index (Phi) is 5.63. The lowest BCUT2D eigenvalue weighted by Gasteiger charge is -2.21. The topological polar surface area (TPSA) is 107 Å². The van der Waals surface area contributed by atoms with Crippen molar-refractivity contribution < 1.29 is 33.1 Å². The molecule has 0 bridgehead atoms. The fourth-order valence-corrected chi connectivity index (χ4v) is 1.60. The van der Waals surface area contributed by atoms with Crippen molar-refractivity contribution in [3.63, 3.8) is 0 Å². The maximum Gasteiger partial charge on any atom is 0.335 e. The lowest BCUT2D eigenvalue weighted by molar-refractivity contribution is -0.384. The van der Waals surface area contributed by atoms with Gasteiger partial charge < -0.3 is 9.84 Å². The molecular weight excluding hydrogens is 304 g/mol. The number of benzene rings is 1. The van der Waals surface area contributed by atoms with Crippen LogP contribution in [0.3, 0.4) is 0 Å². The highest BCUT2D eigenvalue weighted by Gasteiger charge is 2.47. The largest absolute Gasteiger partial charge is 0.466 e. The van der Waals surface area contributed by atoms with Crippen LogP contribution in [0, 0.1) is 10.1 Å². The van der Waals surface area contributed by atoms with E-state index in [-0.39, 0.29) is 17.9 Å². The number of aliphatic hydroxyl groups is 1. The van der Waals surface area contributed by atoms with Crippen LogP contribution >= 0.6 is 0 Å². The Hall–Kier alpha value is -2.42. The molecule has 0 saturated heterocycles. The molecule has 0 aliphatic rings. The van der Waals surface area contributed by atoms with Crippen LogP contribution in [0.5, 0.6) is 0 Å². The van der Waals surface area contributed by atoms with E-state index in [4.69, 9.17) is 0 Å². The second-order valence-electron chi connectivity index (χ2n) is 4.28. The van der Waals surface area contributed by atoms with Gasteiger partial charge in [0.25, 0.3) is 5.69 Å². The van der Waals surface area contributed by atoms with Crippen molar-refractivity contribution in [1.29, 1.82) is 0 Å². The van der Waals surface area contributed by atoms with Crippen molar-refractivity contribution in [3.05, 3.63) is 39.9 Å². The number of nitro benzene ring substituents is 1. The molecule has 1 atom stereocenters. The number of halogens is 2. The summed E-state index contributed by atoms with van der Waals surface area (Å²) >= 11 is 0. The number of non-ortho nitro benzene ring substituents is 1. The predicted octanol–water partition coefficient (Wildman–Crippen LogP) is 1.79. The van der Waals surface area contributed by atoms with Gasteiger partial charge in [-0.05, 0) is 24.6 Å². The number of ether oxygens (including phenoxy) is 1. The van der Waals surface area contributed by atoms with Crippen molar-refractivity contribution in [2.24, 2.45) is 0 Å². The minimum absolute atomic E-state index is 0.0669. The van der Waals surface area contributed by atoms with E-state index >= 15 is 0 Å². The highest BCUT2D eigenvalue weighted by atomic mass is 19.3. The average molecular weight is 317 g/mol. The van der Waals surface area contributed by atoms with Crippen molar-refractivity contribution in [3.8, 4) is 0 Å². The van der Waals surface area contributed by atoms with E-state index in [9.17, 15) is 33.6 Å². The van der Waals surface area contributed by atoms with Crippen molar-refractivity contribution in [2.75, 3.05) is 6.61 Å². The lowest BCUT2D eigenvalue weighted by atomic mass is 9.98. The molecule has 9 heteroatoms. The van der Waals surface area contributed by atoms with Gasteiger partial charge >= 0.3 is 11.9 Å². The third-order valence-electron chi connectivity index (χ3n) is 2.75. The van der Waals surface area contributed by atoms with Gasteiger partial charge in [0.15, 0.2) is 6.10 Å². The fourth-order valence-electron chi connectivity index (χ4n) is 1.60. The van der Waals surface area contributed by atoms with Gasteiger partial charge in [-0.1, -0.05) is 0 Å². The summed E-state index contributed by atoms with van der Waals surface area (Å²) < 4.78 is 32.0. The molecule has 0 saturated carbocycles. The minimum atomic E-state index is -4.22. The number of nitro groups is 1. The smallest absolute Gasteiger partial charge is 0.335 e. The standard InChI is InChI=1S/C13H13F2NO6/c1-2-22-11(18)7-10(17)13(14,15)12(19)8-3-5-9(6-4-8)16(20)21/h3-6,12,19H,2,7H2,1H3. The lowest BCUT2D eigenvalue weighted by Crippen LogP contribution is -2.37. The first kappa shape index (κ1) is 17.6. The van der Waals surface area contributed by atoms with Crippen LogP contribution in [0.2, 0.25) is 0 Å². The number of rotatable bonds is 7. The van der Waals surface area contributed by atoms with E-state index < -0.39 is 35.1 Å². The molecule has 7 nitrogen and oxygen atoms in total. The Labute approximate surface area is 123 Å². The normalized spacial score (nSPS) is 12.5. The summed E-state index contributed by atoms with van der Waals surface area (Å²) in [6.45, 7) is 1.38. The Balaban J connectivity index is 2.88. The first-order chi connectivity index (χ1) is 10.2. The van der Waals surface area contributed by atoms with Gasteiger partial charge in [0.2, 0.25) is 5.78 Å². The number of aliphatic hydroxyl groups excluding tert-OH is 1. The number of nitrogens with zero attached hydrogens (tertiary/aromatic N) is 1. The zero-order chi connectivity index (χ0) is 16.9. The number of ketones is 1. The van der Waals surface area contributed by atoms with E-state index in [2.05, 4.69) is 4.74 Å². The molecule has 22 heavy (non-hydrogen) atoms. The number of carbonyl (C=O) groups excluding carboxylic acids is 2. The number of hydrogen-bond donors (Lipinski definition) is 1. The number of carbonyl (C=O) groups is 2. The number of alkyl halides is 2. The zero-order valence-electron chi connectivity index (χ0n) is 11.5. The third-order valence-corrected chi connectivity index (χ3v) is 2.75. The van der Waals surface area contributed by atoms with Crippen LogP contribution in [-0.2, 0) is 14.3 Å². The zero-order valence-corrected chi connectivity index (χ0v) is 11.5. The van der Waals surface area contributed by atoms with Gasteiger partial charge in [-0.25, -0.2) is 0 Å². The summed E-state index contributed by atoms with van der Waals surface area (Å²) in [6.07, 6.45) is -3.69. The van der Waals surface area contributed by atoms with Crippen LogP contribution < -0.4 is 0 Å². The molecular formula is C13H13F2NO6. The number of hydrogen-bond acceptors (Lipinski definition) is 6. The van der Waals surface area contributed by atoms with Crippen LogP contribution in [-0.4, -0.2) is 34.3 Å². The average Bonchev–Trinajstić information content (AvgIpc) is 2.46. The molecule has 0 aliphatic carbocycles. The summed E-state index contributed by atoms with van der Waals surface area (Å²) in [6, 6.07) is 3.66.